The van der Waals surface area contributed by atoms with Crippen molar-refractivity contribution in [2.45, 2.75) is 25.3 Å². The highest BCUT2D eigenvalue weighted by Crippen LogP contribution is 2.24. The summed E-state index contributed by atoms with van der Waals surface area (Å²) in [5.74, 6) is -1.17. The molecule has 1 fully saturated rings. The van der Waals surface area contributed by atoms with Crippen molar-refractivity contribution in [3.63, 3.8) is 0 Å². The van der Waals surface area contributed by atoms with Crippen LogP contribution in [-0.4, -0.2) is 17.8 Å². The van der Waals surface area contributed by atoms with Gasteiger partial charge >= 0.3 is 0 Å². The van der Waals surface area contributed by atoms with Crippen molar-refractivity contribution >= 4 is 11.7 Å². The Balaban J connectivity index is 2.67. The Morgan fingerprint density at radius 3 is 2.69 bits per heavy atom. The van der Waals surface area contributed by atoms with Gasteiger partial charge in [-0.1, -0.05) is 0 Å². The van der Waals surface area contributed by atoms with E-state index in [0.717, 1.165) is 19.3 Å². The lowest BCUT2D eigenvalue weighted by Crippen LogP contribution is -2.32. The van der Waals surface area contributed by atoms with Gasteiger partial charge in [0.2, 0.25) is 0 Å². The third kappa shape index (κ3) is 2.73. The summed E-state index contributed by atoms with van der Waals surface area (Å²) >= 11 is 0. The Labute approximate surface area is 93.8 Å². The van der Waals surface area contributed by atoms with Gasteiger partial charge in [-0.25, -0.2) is 0 Å². The monoisotopic (exact) mass is 221 g/mol. The lowest BCUT2D eigenvalue weighted by Gasteiger charge is -2.14. The van der Waals surface area contributed by atoms with Gasteiger partial charge in [0, 0.05) is 12.2 Å². The zero-order chi connectivity index (χ0) is 12.1. The number of rotatable bonds is 4. The summed E-state index contributed by atoms with van der Waals surface area (Å²) in [6, 6.07) is 2.22. The summed E-state index contributed by atoms with van der Waals surface area (Å²) in [7, 11) is 0. The maximum absolute atomic E-state index is 10.9. The fraction of sp³-hybridized carbons (Fsp3) is 0.500. The molecule has 1 aliphatic rings. The van der Waals surface area contributed by atoms with Crippen LogP contribution in [0.15, 0.2) is 11.8 Å². The molecule has 2 atom stereocenters. The van der Waals surface area contributed by atoms with E-state index >= 15 is 0 Å². The van der Waals surface area contributed by atoms with E-state index in [2.05, 4.69) is 11.4 Å². The average molecular weight is 221 g/mol. The maximum atomic E-state index is 10.9. The Morgan fingerprint density at radius 2 is 2.19 bits per heavy atom. The van der Waals surface area contributed by atoms with E-state index in [1.807, 2.05) is 0 Å². The number of hydrogen-bond donors (Lipinski definition) is 4. The molecule has 16 heavy (non-hydrogen) atoms. The zero-order valence-corrected chi connectivity index (χ0v) is 8.86. The van der Waals surface area contributed by atoms with Crippen molar-refractivity contribution in [1.82, 2.24) is 5.32 Å². The Kier molecular flexibility index (Phi) is 3.89. The predicted octanol–water partition coefficient (Wildman–Crippen LogP) is -0.427. The standard InChI is InChI=1S/C10H15N5O/c11-4-6-2-1-3-8(6)15-5-7(9(12)13)10(14)16/h5-6,8,15H,1-3H2,(H3,12,13)(H2,14,16)/b7-5+/t6-,8?/m1/s1. The number of amidine groups is 1. The normalized spacial score (nSPS) is 24.8. The van der Waals surface area contributed by atoms with Crippen molar-refractivity contribution in [3.05, 3.63) is 11.8 Å². The number of carbonyl (C=O) groups is 1. The first-order valence-electron chi connectivity index (χ1n) is 5.06. The molecule has 1 unspecified atom stereocenters. The second kappa shape index (κ2) is 5.16. The maximum Gasteiger partial charge on any atom is 0.253 e. The third-order valence-corrected chi connectivity index (χ3v) is 2.68. The number of nitriles is 1. The average Bonchev–Trinajstić information content (AvgIpc) is 2.64. The highest BCUT2D eigenvalue weighted by Gasteiger charge is 2.26. The molecule has 6 nitrogen and oxygen atoms in total. The predicted molar refractivity (Wildman–Crippen MR) is 59.1 cm³/mol. The SMILES string of the molecule is N#C[C@H]1CCCC1N/C=C(\C(=N)N)C(N)=O. The van der Waals surface area contributed by atoms with Crippen LogP contribution >= 0.6 is 0 Å². The number of hydrogen-bond acceptors (Lipinski definition) is 4. The number of nitrogens with two attached hydrogens (primary N) is 2. The highest BCUT2D eigenvalue weighted by molar-refractivity contribution is 6.18. The Morgan fingerprint density at radius 1 is 1.50 bits per heavy atom. The van der Waals surface area contributed by atoms with Gasteiger partial charge in [-0.05, 0) is 19.3 Å². The third-order valence-electron chi connectivity index (χ3n) is 2.68. The molecule has 0 aromatic heterocycles. The lowest BCUT2D eigenvalue weighted by molar-refractivity contribution is -0.114. The number of primary amides is 1. The molecule has 1 aliphatic carbocycles. The minimum atomic E-state index is -0.744. The molecule has 0 bridgehead atoms. The van der Waals surface area contributed by atoms with Crippen molar-refractivity contribution in [1.29, 1.82) is 10.7 Å². The van der Waals surface area contributed by atoms with Crippen LogP contribution in [0.2, 0.25) is 0 Å². The molecule has 0 aromatic carbocycles. The molecule has 6 heteroatoms. The van der Waals surface area contributed by atoms with Crippen LogP contribution in [0.5, 0.6) is 0 Å². The van der Waals surface area contributed by atoms with Crippen LogP contribution < -0.4 is 16.8 Å². The minimum absolute atomic E-state index is 0.0127. The molecule has 6 N–H and O–H groups in total. The first-order chi connectivity index (χ1) is 7.56. The van der Waals surface area contributed by atoms with Gasteiger partial charge in [-0.3, -0.25) is 10.2 Å². The zero-order valence-electron chi connectivity index (χ0n) is 8.86. The van der Waals surface area contributed by atoms with E-state index in [9.17, 15) is 4.79 Å². The molecule has 86 valence electrons. The van der Waals surface area contributed by atoms with Crippen LogP contribution in [0.1, 0.15) is 19.3 Å². The quantitative estimate of drug-likeness (QED) is 0.291. The number of amides is 1. The molecule has 1 rings (SSSR count). The molecule has 0 spiro atoms. The molecule has 0 aromatic rings. The van der Waals surface area contributed by atoms with Crippen LogP contribution in [0.4, 0.5) is 0 Å². The van der Waals surface area contributed by atoms with E-state index in [4.69, 9.17) is 22.1 Å². The summed E-state index contributed by atoms with van der Waals surface area (Å²) < 4.78 is 0. The van der Waals surface area contributed by atoms with E-state index in [-0.39, 0.29) is 23.4 Å². The van der Waals surface area contributed by atoms with Gasteiger partial charge < -0.3 is 16.8 Å². The fourth-order valence-corrected chi connectivity index (χ4v) is 1.79. The van der Waals surface area contributed by atoms with Gasteiger partial charge in [0.15, 0.2) is 0 Å². The smallest absolute Gasteiger partial charge is 0.253 e. The Hall–Kier alpha value is -2.03. The van der Waals surface area contributed by atoms with Crippen LogP contribution in [-0.2, 0) is 4.79 Å². The molecular weight excluding hydrogens is 206 g/mol. The molecule has 1 amide bonds. The lowest BCUT2D eigenvalue weighted by atomic mass is 10.1. The summed E-state index contributed by atoms with van der Waals surface area (Å²) in [5, 5.41) is 18.9. The summed E-state index contributed by atoms with van der Waals surface area (Å²) in [6.45, 7) is 0. The van der Waals surface area contributed by atoms with Crippen molar-refractivity contribution < 1.29 is 4.79 Å². The second-order valence-corrected chi connectivity index (χ2v) is 3.78. The number of carbonyl (C=O) groups excluding carboxylic acids is 1. The van der Waals surface area contributed by atoms with Gasteiger partial charge in [0.05, 0.1) is 17.6 Å². The van der Waals surface area contributed by atoms with E-state index in [0.29, 0.717) is 0 Å². The van der Waals surface area contributed by atoms with Crippen LogP contribution in [0, 0.1) is 22.7 Å². The first-order valence-corrected chi connectivity index (χ1v) is 5.06. The van der Waals surface area contributed by atoms with Crippen molar-refractivity contribution in [2.75, 3.05) is 0 Å². The second-order valence-electron chi connectivity index (χ2n) is 3.78. The molecule has 0 radical (unpaired) electrons. The molecule has 0 saturated heterocycles. The van der Waals surface area contributed by atoms with Crippen LogP contribution in [0.3, 0.4) is 0 Å². The topological polar surface area (TPSA) is 129 Å². The fourth-order valence-electron chi connectivity index (χ4n) is 1.79. The van der Waals surface area contributed by atoms with Crippen LogP contribution in [0.25, 0.3) is 0 Å². The Bertz CT molecular complexity index is 352. The molecule has 0 heterocycles. The summed E-state index contributed by atoms with van der Waals surface area (Å²) in [5.41, 5.74) is 10.2. The molecule has 1 saturated carbocycles. The van der Waals surface area contributed by atoms with Crippen molar-refractivity contribution in [3.8, 4) is 6.07 Å². The van der Waals surface area contributed by atoms with Gasteiger partial charge in [-0.15, -0.1) is 0 Å². The first kappa shape index (κ1) is 12.0. The van der Waals surface area contributed by atoms with E-state index in [1.54, 1.807) is 0 Å². The van der Waals surface area contributed by atoms with Gasteiger partial charge in [0.25, 0.3) is 5.91 Å². The van der Waals surface area contributed by atoms with Gasteiger partial charge in [-0.2, -0.15) is 5.26 Å². The van der Waals surface area contributed by atoms with Crippen molar-refractivity contribution in [2.24, 2.45) is 17.4 Å². The number of nitrogens with zero attached hydrogens (tertiary/aromatic N) is 1. The van der Waals surface area contributed by atoms with E-state index in [1.165, 1.54) is 6.20 Å². The van der Waals surface area contributed by atoms with Gasteiger partial charge in [0.1, 0.15) is 5.84 Å². The summed E-state index contributed by atoms with van der Waals surface area (Å²) in [6.07, 6.45) is 4.05. The molecule has 0 aliphatic heterocycles. The highest BCUT2D eigenvalue weighted by atomic mass is 16.1. The van der Waals surface area contributed by atoms with E-state index < -0.39 is 5.91 Å². The number of nitrogens with one attached hydrogen (secondary N) is 2. The molecular formula is C10H15N5O. The minimum Gasteiger partial charge on any atom is -0.386 e. The summed E-state index contributed by atoms with van der Waals surface area (Å²) in [4.78, 5) is 10.9. The largest absolute Gasteiger partial charge is 0.386 e.